The minimum absolute atomic E-state index is 0.273. The Morgan fingerprint density at radius 3 is 2.80 bits per heavy atom. The van der Waals surface area contributed by atoms with Gasteiger partial charge in [0.05, 0.1) is 15.6 Å². The first-order chi connectivity index (χ1) is 12.1. The van der Waals surface area contributed by atoms with Crippen molar-refractivity contribution in [3.8, 4) is 11.1 Å². The number of aromatic amines is 1. The largest absolute Gasteiger partial charge is 0.387 e. The van der Waals surface area contributed by atoms with Crippen LogP contribution >= 0.6 is 23.2 Å². The highest BCUT2D eigenvalue weighted by atomic mass is 35.5. The van der Waals surface area contributed by atoms with E-state index in [0.717, 1.165) is 33.3 Å². The summed E-state index contributed by atoms with van der Waals surface area (Å²) in [5, 5.41) is 11.1. The second-order valence-corrected chi connectivity index (χ2v) is 6.80. The highest BCUT2D eigenvalue weighted by Gasteiger charge is 2.26. The third-order valence-corrected chi connectivity index (χ3v) is 5.41. The molecule has 0 saturated heterocycles. The Hall–Kier alpha value is -2.08. The smallest absolute Gasteiger partial charge is 0.248 e. The number of carbonyl (C=O) groups excluding carboxylic acids is 1. The lowest BCUT2D eigenvalue weighted by molar-refractivity contribution is -0.135. The summed E-state index contributed by atoms with van der Waals surface area (Å²) in [6.45, 7) is 0.515. The maximum absolute atomic E-state index is 11.9. The van der Waals surface area contributed by atoms with Crippen LogP contribution in [0.15, 0.2) is 30.6 Å². The van der Waals surface area contributed by atoms with Crippen molar-refractivity contribution in [2.45, 2.75) is 13.0 Å². The average molecular weight is 376 g/mol. The number of aliphatic hydroxyl groups excluding tert-OH is 1. The number of aliphatic hydroxyl groups is 1. The number of pyridine rings is 1. The first-order valence-electron chi connectivity index (χ1n) is 7.90. The zero-order valence-electron chi connectivity index (χ0n) is 13.2. The first kappa shape index (κ1) is 16.4. The molecule has 0 radical (unpaired) electrons. The number of halogens is 2. The minimum atomic E-state index is -0.485. The van der Waals surface area contributed by atoms with Gasteiger partial charge in [0.2, 0.25) is 5.91 Å². The number of hydrogen-bond donors (Lipinski definition) is 2. The van der Waals surface area contributed by atoms with Gasteiger partial charge < -0.3 is 15.0 Å². The molecule has 128 valence electrons. The number of amides is 1. The first-order valence-corrected chi connectivity index (χ1v) is 8.66. The monoisotopic (exact) mass is 375 g/mol. The molecule has 0 aliphatic carbocycles. The molecule has 0 fully saturated rings. The van der Waals surface area contributed by atoms with Crippen LogP contribution in [0.2, 0.25) is 10.0 Å². The third-order valence-electron chi connectivity index (χ3n) is 4.62. The van der Waals surface area contributed by atoms with Gasteiger partial charge in [0.25, 0.3) is 0 Å². The average Bonchev–Trinajstić information content (AvgIpc) is 3.03. The summed E-state index contributed by atoms with van der Waals surface area (Å²) in [5.74, 6) is -0.273. The number of H-pyrrole nitrogens is 1. The maximum Gasteiger partial charge on any atom is 0.248 e. The van der Waals surface area contributed by atoms with E-state index in [9.17, 15) is 4.79 Å². The zero-order chi connectivity index (χ0) is 17.6. The van der Waals surface area contributed by atoms with Gasteiger partial charge in [0.1, 0.15) is 6.61 Å². The second kappa shape index (κ2) is 6.33. The van der Waals surface area contributed by atoms with Gasteiger partial charge in [-0.3, -0.25) is 9.78 Å². The van der Waals surface area contributed by atoms with Gasteiger partial charge in [-0.15, -0.1) is 0 Å². The second-order valence-electron chi connectivity index (χ2n) is 6.01. The van der Waals surface area contributed by atoms with Gasteiger partial charge in [-0.1, -0.05) is 23.2 Å². The normalized spacial score (nSPS) is 14.0. The fourth-order valence-corrected chi connectivity index (χ4v) is 3.81. The Morgan fingerprint density at radius 2 is 2.08 bits per heavy atom. The molecule has 1 aliphatic rings. The molecule has 3 aromatic rings. The zero-order valence-corrected chi connectivity index (χ0v) is 14.7. The van der Waals surface area contributed by atoms with Crippen LogP contribution < -0.4 is 0 Å². The number of fused-ring (bicyclic) bond motifs is 3. The van der Waals surface area contributed by atoms with E-state index in [1.165, 1.54) is 0 Å². The van der Waals surface area contributed by atoms with Crippen LogP contribution in [0.5, 0.6) is 0 Å². The third kappa shape index (κ3) is 2.68. The topological polar surface area (TPSA) is 69.2 Å². The van der Waals surface area contributed by atoms with Crippen molar-refractivity contribution >= 4 is 40.0 Å². The summed E-state index contributed by atoms with van der Waals surface area (Å²) in [7, 11) is 0. The number of benzene rings is 1. The molecule has 1 aliphatic heterocycles. The fourth-order valence-electron chi connectivity index (χ4n) is 3.41. The van der Waals surface area contributed by atoms with Crippen molar-refractivity contribution in [1.82, 2.24) is 14.9 Å². The van der Waals surface area contributed by atoms with Crippen LogP contribution in [0, 0.1) is 0 Å². The molecule has 7 heteroatoms. The number of nitrogens with one attached hydrogen (secondary N) is 1. The van der Waals surface area contributed by atoms with Gasteiger partial charge in [-0.2, -0.15) is 0 Å². The SMILES string of the molecule is O=C(CO)N1CCc2[nH]c3c(Cl)c(Cl)cc(-c4ccncc4)c3c2C1. The van der Waals surface area contributed by atoms with Crippen LogP contribution in [0.1, 0.15) is 11.3 Å². The number of rotatable bonds is 2. The molecule has 0 atom stereocenters. The van der Waals surface area contributed by atoms with E-state index in [0.29, 0.717) is 29.6 Å². The highest BCUT2D eigenvalue weighted by Crippen LogP contribution is 2.42. The summed E-state index contributed by atoms with van der Waals surface area (Å²) in [6.07, 6.45) is 4.13. The van der Waals surface area contributed by atoms with Gasteiger partial charge in [-0.25, -0.2) is 0 Å². The van der Waals surface area contributed by atoms with Crippen molar-refractivity contribution in [2.75, 3.05) is 13.2 Å². The predicted molar refractivity (Wildman–Crippen MR) is 97.8 cm³/mol. The van der Waals surface area contributed by atoms with Gasteiger partial charge in [-0.05, 0) is 29.3 Å². The van der Waals surface area contributed by atoms with Crippen molar-refractivity contribution in [1.29, 1.82) is 0 Å². The summed E-state index contributed by atoms with van der Waals surface area (Å²) in [6, 6.07) is 5.68. The molecule has 2 aromatic heterocycles. The quantitative estimate of drug-likeness (QED) is 0.720. The van der Waals surface area contributed by atoms with Gasteiger partial charge in [0, 0.05) is 48.5 Å². The Balaban J connectivity index is 1.97. The number of aromatic nitrogens is 2. The summed E-state index contributed by atoms with van der Waals surface area (Å²) >= 11 is 12.8. The van der Waals surface area contributed by atoms with Crippen LogP contribution in [-0.2, 0) is 17.8 Å². The van der Waals surface area contributed by atoms with Crippen molar-refractivity contribution in [3.63, 3.8) is 0 Å². The van der Waals surface area contributed by atoms with E-state index in [4.69, 9.17) is 28.3 Å². The highest BCUT2D eigenvalue weighted by molar-refractivity contribution is 6.45. The molecular formula is C18H15Cl2N3O2. The standard InChI is InChI=1S/C18H15Cl2N3O2/c19-13-7-11(10-1-4-21-5-2-10)16-12-8-23(15(25)9-24)6-3-14(12)22-18(16)17(13)20/h1-2,4-5,7,22,24H,3,6,8-9H2. The number of hydrogen-bond acceptors (Lipinski definition) is 3. The Bertz CT molecular complexity index is 970. The minimum Gasteiger partial charge on any atom is -0.387 e. The summed E-state index contributed by atoms with van der Waals surface area (Å²) in [5.41, 5.74) is 4.78. The predicted octanol–water partition coefficient (Wildman–Crippen LogP) is 3.41. The molecule has 0 bridgehead atoms. The molecule has 1 aromatic carbocycles. The number of carbonyl (C=O) groups is 1. The lowest BCUT2D eigenvalue weighted by atomic mass is 9.96. The summed E-state index contributed by atoms with van der Waals surface area (Å²) < 4.78 is 0. The van der Waals surface area contributed by atoms with Crippen molar-refractivity contribution in [3.05, 3.63) is 51.9 Å². The van der Waals surface area contributed by atoms with E-state index in [-0.39, 0.29) is 5.91 Å². The van der Waals surface area contributed by atoms with Crippen molar-refractivity contribution in [2.24, 2.45) is 0 Å². The molecule has 2 N–H and O–H groups in total. The fraction of sp³-hybridized carbons (Fsp3) is 0.222. The van der Waals surface area contributed by atoms with Crippen molar-refractivity contribution < 1.29 is 9.90 Å². The molecule has 4 rings (SSSR count). The van der Waals surface area contributed by atoms with E-state index < -0.39 is 6.61 Å². The Labute approximate surface area is 154 Å². The lowest BCUT2D eigenvalue weighted by Crippen LogP contribution is -2.37. The molecule has 0 spiro atoms. The van der Waals surface area contributed by atoms with Crippen LogP contribution in [0.4, 0.5) is 0 Å². The molecule has 1 amide bonds. The molecule has 0 saturated carbocycles. The maximum atomic E-state index is 11.9. The lowest BCUT2D eigenvalue weighted by Gasteiger charge is -2.27. The van der Waals surface area contributed by atoms with E-state index in [2.05, 4.69) is 9.97 Å². The number of nitrogens with zero attached hydrogens (tertiary/aromatic N) is 2. The van der Waals surface area contributed by atoms with E-state index >= 15 is 0 Å². The van der Waals surface area contributed by atoms with Gasteiger partial charge >= 0.3 is 0 Å². The summed E-state index contributed by atoms with van der Waals surface area (Å²) in [4.78, 5) is 21.0. The molecule has 5 nitrogen and oxygen atoms in total. The van der Waals surface area contributed by atoms with Crippen LogP contribution in [0.25, 0.3) is 22.0 Å². The van der Waals surface area contributed by atoms with Crippen LogP contribution in [0.3, 0.4) is 0 Å². The molecule has 0 unspecified atom stereocenters. The van der Waals surface area contributed by atoms with Crippen LogP contribution in [-0.4, -0.2) is 39.0 Å². The van der Waals surface area contributed by atoms with E-state index in [1.54, 1.807) is 17.3 Å². The van der Waals surface area contributed by atoms with E-state index in [1.807, 2.05) is 18.2 Å². The Morgan fingerprint density at radius 1 is 1.32 bits per heavy atom. The molecule has 25 heavy (non-hydrogen) atoms. The Kier molecular flexibility index (Phi) is 4.15. The molecule has 3 heterocycles. The molecular weight excluding hydrogens is 361 g/mol. The van der Waals surface area contributed by atoms with Gasteiger partial charge in [0.15, 0.2) is 0 Å².